The lowest BCUT2D eigenvalue weighted by Crippen LogP contribution is -1.90. The van der Waals surface area contributed by atoms with Crippen molar-refractivity contribution < 1.29 is 4.74 Å². The van der Waals surface area contributed by atoms with Crippen LogP contribution in [-0.4, -0.2) is 12.1 Å². The van der Waals surface area contributed by atoms with Crippen LogP contribution in [0.2, 0.25) is 0 Å². The molecule has 0 atom stereocenters. The SMILES string of the molecule is COc1cccc(-c2cccc(N)c2)n1. The van der Waals surface area contributed by atoms with Gasteiger partial charge in [0.2, 0.25) is 5.88 Å². The van der Waals surface area contributed by atoms with Crippen LogP contribution in [0.3, 0.4) is 0 Å². The molecule has 0 aliphatic carbocycles. The molecule has 0 saturated heterocycles. The minimum atomic E-state index is 0.606. The Hall–Kier alpha value is -2.03. The van der Waals surface area contributed by atoms with Crippen LogP contribution in [0.15, 0.2) is 42.5 Å². The van der Waals surface area contributed by atoms with Gasteiger partial charge in [0.25, 0.3) is 0 Å². The van der Waals surface area contributed by atoms with Crippen LogP contribution in [0.25, 0.3) is 11.3 Å². The molecule has 3 nitrogen and oxygen atoms in total. The van der Waals surface area contributed by atoms with Crippen LogP contribution in [0, 0.1) is 0 Å². The van der Waals surface area contributed by atoms with Gasteiger partial charge in [-0.25, -0.2) is 4.98 Å². The molecule has 3 heteroatoms. The molecule has 0 spiro atoms. The molecule has 0 aliphatic heterocycles. The van der Waals surface area contributed by atoms with E-state index in [1.807, 2.05) is 42.5 Å². The summed E-state index contributed by atoms with van der Waals surface area (Å²) >= 11 is 0. The van der Waals surface area contributed by atoms with E-state index in [-0.39, 0.29) is 0 Å². The van der Waals surface area contributed by atoms with Crippen molar-refractivity contribution in [1.82, 2.24) is 4.98 Å². The predicted octanol–water partition coefficient (Wildman–Crippen LogP) is 2.34. The molecular formula is C12H12N2O. The summed E-state index contributed by atoms with van der Waals surface area (Å²) < 4.78 is 5.06. The van der Waals surface area contributed by atoms with Crippen LogP contribution in [0.4, 0.5) is 5.69 Å². The van der Waals surface area contributed by atoms with Gasteiger partial charge in [0.1, 0.15) is 0 Å². The molecule has 15 heavy (non-hydrogen) atoms. The van der Waals surface area contributed by atoms with Gasteiger partial charge < -0.3 is 10.5 Å². The zero-order valence-corrected chi connectivity index (χ0v) is 8.47. The fourth-order valence-corrected chi connectivity index (χ4v) is 1.39. The minimum absolute atomic E-state index is 0.606. The number of nitrogen functional groups attached to an aromatic ring is 1. The summed E-state index contributed by atoms with van der Waals surface area (Å²) in [5, 5.41) is 0. The van der Waals surface area contributed by atoms with E-state index in [0.29, 0.717) is 5.88 Å². The van der Waals surface area contributed by atoms with Crippen molar-refractivity contribution in [3.8, 4) is 17.1 Å². The number of benzene rings is 1. The number of ether oxygens (including phenoxy) is 1. The number of rotatable bonds is 2. The van der Waals surface area contributed by atoms with Gasteiger partial charge in [-0.2, -0.15) is 0 Å². The molecule has 2 aromatic rings. The highest BCUT2D eigenvalue weighted by Gasteiger charge is 2.00. The monoisotopic (exact) mass is 200 g/mol. The van der Waals surface area contributed by atoms with E-state index < -0.39 is 0 Å². The normalized spacial score (nSPS) is 9.93. The first-order chi connectivity index (χ1) is 7.29. The smallest absolute Gasteiger partial charge is 0.213 e. The van der Waals surface area contributed by atoms with Crippen LogP contribution < -0.4 is 10.5 Å². The van der Waals surface area contributed by atoms with Gasteiger partial charge in [-0.1, -0.05) is 18.2 Å². The summed E-state index contributed by atoms with van der Waals surface area (Å²) in [7, 11) is 1.60. The van der Waals surface area contributed by atoms with Crippen molar-refractivity contribution in [2.24, 2.45) is 0 Å². The lowest BCUT2D eigenvalue weighted by atomic mass is 10.1. The van der Waals surface area contributed by atoms with Crippen molar-refractivity contribution in [3.05, 3.63) is 42.5 Å². The van der Waals surface area contributed by atoms with Crippen molar-refractivity contribution in [2.45, 2.75) is 0 Å². The molecule has 1 heterocycles. The van der Waals surface area contributed by atoms with Crippen molar-refractivity contribution in [2.75, 3.05) is 12.8 Å². The fourth-order valence-electron chi connectivity index (χ4n) is 1.39. The highest BCUT2D eigenvalue weighted by molar-refractivity contribution is 5.64. The summed E-state index contributed by atoms with van der Waals surface area (Å²) in [6, 6.07) is 13.3. The molecular weight excluding hydrogens is 188 g/mol. The predicted molar refractivity (Wildman–Crippen MR) is 60.6 cm³/mol. The summed E-state index contributed by atoms with van der Waals surface area (Å²) in [6.45, 7) is 0. The van der Waals surface area contributed by atoms with Crippen molar-refractivity contribution in [3.63, 3.8) is 0 Å². The molecule has 0 bridgehead atoms. The number of nitrogens with two attached hydrogens (primary N) is 1. The molecule has 0 radical (unpaired) electrons. The van der Waals surface area contributed by atoms with Crippen molar-refractivity contribution in [1.29, 1.82) is 0 Å². The Morgan fingerprint density at radius 1 is 1.13 bits per heavy atom. The second-order valence-corrected chi connectivity index (χ2v) is 3.19. The Morgan fingerprint density at radius 2 is 1.93 bits per heavy atom. The van der Waals surface area contributed by atoms with Gasteiger partial charge in [0.05, 0.1) is 12.8 Å². The Balaban J connectivity index is 2.44. The molecule has 0 fully saturated rings. The zero-order valence-electron chi connectivity index (χ0n) is 8.47. The van der Waals surface area contributed by atoms with Gasteiger partial charge in [-0.15, -0.1) is 0 Å². The highest BCUT2D eigenvalue weighted by Crippen LogP contribution is 2.21. The average molecular weight is 200 g/mol. The van der Waals surface area contributed by atoms with Gasteiger partial charge in [-0.3, -0.25) is 0 Å². The minimum Gasteiger partial charge on any atom is -0.481 e. The summed E-state index contributed by atoms with van der Waals surface area (Å²) in [6.07, 6.45) is 0. The lowest BCUT2D eigenvalue weighted by molar-refractivity contribution is 0.398. The first-order valence-corrected chi connectivity index (χ1v) is 4.66. The molecule has 0 aliphatic rings. The van der Waals surface area contributed by atoms with E-state index in [1.165, 1.54) is 0 Å². The summed E-state index contributed by atoms with van der Waals surface area (Å²) in [4.78, 5) is 4.32. The Labute approximate surface area is 88.5 Å². The number of hydrogen-bond donors (Lipinski definition) is 1. The van der Waals surface area contributed by atoms with E-state index in [0.717, 1.165) is 16.9 Å². The van der Waals surface area contributed by atoms with Gasteiger partial charge in [-0.05, 0) is 18.2 Å². The molecule has 0 saturated carbocycles. The quantitative estimate of drug-likeness (QED) is 0.757. The third kappa shape index (κ3) is 2.07. The third-order valence-electron chi connectivity index (χ3n) is 2.12. The number of aromatic nitrogens is 1. The second kappa shape index (κ2) is 4.00. The number of hydrogen-bond acceptors (Lipinski definition) is 3. The van der Waals surface area contributed by atoms with Gasteiger partial charge in [0.15, 0.2) is 0 Å². The average Bonchev–Trinajstić information content (AvgIpc) is 2.29. The van der Waals surface area contributed by atoms with E-state index in [2.05, 4.69) is 4.98 Å². The first-order valence-electron chi connectivity index (χ1n) is 4.66. The maximum Gasteiger partial charge on any atom is 0.213 e. The molecule has 76 valence electrons. The van der Waals surface area contributed by atoms with Crippen molar-refractivity contribution >= 4 is 5.69 Å². The Morgan fingerprint density at radius 3 is 2.67 bits per heavy atom. The number of nitrogens with zero attached hydrogens (tertiary/aromatic N) is 1. The van der Waals surface area contributed by atoms with E-state index in [1.54, 1.807) is 7.11 Å². The maximum absolute atomic E-state index is 5.71. The van der Waals surface area contributed by atoms with Gasteiger partial charge >= 0.3 is 0 Å². The molecule has 1 aromatic heterocycles. The molecule has 0 amide bonds. The second-order valence-electron chi connectivity index (χ2n) is 3.19. The molecule has 2 N–H and O–H groups in total. The summed E-state index contributed by atoms with van der Waals surface area (Å²) in [5.74, 6) is 0.606. The van der Waals surface area contributed by atoms with E-state index in [4.69, 9.17) is 10.5 Å². The molecule has 0 unspecified atom stereocenters. The largest absolute Gasteiger partial charge is 0.481 e. The summed E-state index contributed by atoms with van der Waals surface area (Å²) in [5.41, 5.74) is 8.30. The Bertz CT molecular complexity index is 469. The van der Waals surface area contributed by atoms with Crippen LogP contribution in [0.1, 0.15) is 0 Å². The van der Waals surface area contributed by atoms with Crippen LogP contribution in [0.5, 0.6) is 5.88 Å². The highest BCUT2D eigenvalue weighted by atomic mass is 16.5. The topological polar surface area (TPSA) is 48.1 Å². The maximum atomic E-state index is 5.71. The number of methoxy groups -OCH3 is 1. The third-order valence-corrected chi connectivity index (χ3v) is 2.12. The first kappa shape index (κ1) is 9.52. The van der Waals surface area contributed by atoms with Crippen LogP contribution in [-0.2, 0) is 0 Å². The van der Waals surface area contributed by atoms with Gasteiger partial charge in [0, 0.05) is 17.3 Å². The standard InChI is InChI=1S/C12H12N2O/c1-15-12-7-3-6-11(14-12)9-4-2-5-10(13)8-9/h2-8H,13H2,1H3. The van der Waals surface area contributed by atoms with E-state index in [9.17, 15) is 0 Å². The lowest BCUT2D eigenvalue weighted by Gasteiger charge is -2.04. The van der Waals surface area contributed by atoms with Crippen LogP contribution >= 0.6 is 0 Å². The fraction of sp³-hybridized carbons (Fsp3) is 0.0833. The zero-order chi connectivity index (χ0) is 10.7. The molecule has 2 rings (SSSR count). The Kier molecular flexibility index (Phi) is 2.54. The number of pyridine rings is 1. The number of anilines is 1. The molecule has 1 aromatic carbocycles. The van der Waals surface area contributed by atoms with E-state index >= 15 is 0 Å².